The Morgan fingerprint density at radius 1 is 1.15 bits per heavy atom. The lowest BCUT2D eigenvalue weighted by molar-refractivity contribution is -0.124. The topological polar surface area (TPSA) is 74.3 Å². The molecule has 2 atom stereocenters. The molecule has 0 saturated carbocycles. The highest BCUT2D eigenvalue weighted by atomic mass is 16.2. The van der Waals surface area contributed by atoms with Crippen molar-refractivity contribution in [1.29, 1.82) is 0 Å². The van der Waals surface area contributed by atoms with E-state index in [0.29, 0.717) is 18.8 Å². The normalized spacial score (nSPS) is 19.9. The van der Waals surface area contributed by atoms with E-state index in [2.05, 4.69) is 32.7 Å². The van der Waals surface area contributed by atoms with Gasteiger partial charge in [-0.25, -0.2) is 0 Å². The van der Waals surface area contributed by atoms with Gasteiger partial charge in [-0.15, -0.1) is 0 Å². The summed E-state index contributed by atoms with van der Waals surface area (Å²) in [5.74, 6) is -0.577. The Morgan fingerprint density at radius 2 is 1.92 bits per heavy atom. The number of pyridine rings is 1. The fraction of sp³-hybridized carbons (Fsp3) is 0.350. The minimum atomic E-state index is -0.280. The van der Waals surface area contributed by atoms with Crippen LogP contribution in [-0.4, -0.2) is 47.9 Å². The van der Waals surface area contributed by atoms with Crippen LogP contribution in [0.15, 0.2) is 48.7 Å². The van der Waals surface area contributed by atoms with Gasteiger partial charge in [-0.05, 0) is 24.1 Å². The first-order valence-corrected chi connectivity index (χ1v) is 8.78. The van der Waals surface area contributed by atoms with Crippen LogP contribution in [0.25, 0.3) is 0 Å². The molecule has 1 aliphatic rings. The zero-order valence-corrected chi connectivity index (χ0v) is 15.1. The van der Waals surface area contributed by atoms with Crippen molar-refractivity contribution in [2.75, 3.05) is 20.1 Å². The molecule has 2 amide bonds. The van der Waals surface area contributed by atoms with E-state index in [-0.39, 0.29) is 23.8 Å². The zero-order chi connectivity index (χ0) is 18.5. The number of carbonyl (C=O) groups excluding carboxylic acids is 2. The number of amides is 2. The SMILES string of the molecule is CNC(=O)[C@H]1CN(Cc2ccccc2)C[C@@H]1NC(=O)c1ccc(C)cn1. The molecule has 0 bridgehead atoms. The Balaban J connectivity index is 1.69. The van der Waals surface area contributed by atoms with Gasteiger partial charge in [-0.1, -0.05) is 36.4 Å². The lowest BCUT2D eigenvalue weighted by Gasteiger charge is -2.18. The molecule has 1 saturated heterocycles. The molecular weight excluding hydrogens is 328 g/mol. The number of aryl methyl sites for hydroxylation is 1. The average molecular weight is 352 g/mol. The number of carbonyl (C=O) groups is 2. The third kappa shape index (κ3) is 4.26. The van der Waals surface area contributed by atoms with Gasteiger partial charge in [0.1, 0.15) is 5.69 Å². The highest BCUT2D eigenvalue weighted by Gasteiger charge is 2.38. The summed E-state index contributed by atoms with van der Waals surface area (Å²) in [5.41, 5.74) is 2.56. The van der Waals surface area contributed by atoms with Crippen LogP contribution >= 0.6 is 0 Å². The molecule has 3 rings (SSSR count). The second kappa shape index (κ2) is 8.10. The van der Waals surface area contributed by atoms with Crippen molar-refractivity contribution in [3.8, 4) is 0 Å². The standard InChI is InChI=1S/C20H24N4O2/c1-14-8-9-17(22-10-14)20(26)23-18-13-24(12-16(18)19(25)21-2)11-15-6-4-3-5-7-15/h3-10,16,18H,11-13H2,1-2H3,(H,21,25)(H,23,26)/t16-,18-/m0/s1. The molecule has 1 aromatic heterocycles. The Morgan fingerprint density at radius 3 is 2.58 bits per heavy atom. The van der Waals surface area contributed by atoms with E-state index in [0.717, 1.165) is 12.1 Å². The molecule has 2 heterocycles. The van der Waals surface area contributed by atoms with Crippen LogP contribution in [0.2, 0.25) is 0 Å². The van der Waals surface area contributed by atoms with Crippen LogP contribution in [0.5, 0.6) is 0 Å². The van der Waals surface area contributed by atoms with Crippen molar-refractivity contribution < 1.29 is 9.59 Å². The maximum absolute atomic E-state index is 12.5. The molecule has 136 valence electrons. The summed E-state index contributed by atoms with van der Waals surface area (Å²) in [4.78, 5) is 31.2. The maximum Gasteiger partial charge on any atom is 0.270 e. The van der Waals surface area contributed by atoms with Gasteiger partial charge < -0.3 is 10.6 Å². The molecule has 0 aliphatic carbocycles. The van der Waals surface area contributed by atoms with Crippen LogP contribution < -0.4 is 10.6 Å². The van der Waals surface area contributed by atoms with Crippen molar-refractivity contribution in [3.05, 3.63) is 65.5 Å². The summed E-state index contributed by atoms with van der Waals surface area (Å²) in [6, 6.07) is 13.4. The Kier molecular flexibility index (Phi) is 5.63. The first-order valence-electron chi connectivity index (χ1n) is 8.78. The van der Waals surface area contributed by atoms with Crippen LogP contribution in [0.4, 0.5) is 0 Å². The molecule has 2 aromatic rings. The summed E-state index contributed by atoms with van der Waals surface area (Å²) in [7, 11) is 1.63. The number of aromatic nitrogens is 1. The van der Waals surface area contributed by atoms with Crippen molar-refractivity contribution >= 4 is 11.8 Å². The van der Waals surface area contributed by atoms with Gasteiger partial charge in [0, 0.05) is 32.9 Å². The fourth-order valence-electron chi connectivity index (χ4n) is 3.30. The Hall–Kier alpha value is -2.73. The number of rotatable bonds is 5. The molecule has 6 nitrogen and oxygen atoms in total. The third-order valence-corrected chi connectivity index (χ3v) is 4.69. The van der Waals surface area contributed by atoms with Crippen LogP contribution in [0.3, 0.4) is 0 Å². The number of hydrogen-bond donors (Lipinski definition) is 2. The number of hydrogen-bond acceptors (Lipinski definition) is 4. The summed E-state index contributed by atoms with van der Waals surface area (Å²) in [6.45, 7) is 3.92. The minimum Gasteiger partial charge on any atom is -0.359 e. The summed E-state index contributed by atoms with van der Waals surface area (Å²) in [5, 5.41) is 5.70. The first-order chi connectivity index (χ1) is 12.6. The highest BCUT2D eigenvalue weighted by molar-refractivity contribution is 5.93. The fourth-order valence-corrected chi connectivity index (χ4v) is 3.30. The van der Waals surface area contributed by atoms with Gasteiger partial charge >= 0.3 is 0 Å². The summed E-state index contributed by atoms with van der Waals surface area (Å²) < 4.78 is 0. The quantitative estimate of drug-likeness (QED) is 0.852. The van der Waals surface area contributed by atoms with Crippen molar-refractivity contribution in [1.82, 2.24) is 20.5 Å². The molecule has 0 radical (unpaired) electrons. The number of benzene rings is 1. The second-order valence-corrected chi connectivity index (χ2v) is 6.70. The second-order valence-electron chi connectivity index (χ2n) is 6.70. The Bertz CT molecular complexity index is 761. The lowest BCUT2D eigenvalue weighted by Crippen LogP contribution is -2.45. The van der Waals surface area contributed by atoms with Gasteiger partial charge in [-0.3, -0.25) is 19.5 Å². The van der Waals surface area contributed by atoms with Crippen LogP contribution in [0, 0.1) is 12.8 Å². The monoisotopic (exact) mass is 352 g/mol. The molecule has 1 aromatic carbocycles. The van der Waals surface area contributed by atoms with E-state index in [9.17, 15) is 9.59 Å². The first kappa shape index (κ1) is 18.1. The summed E-state index contributed by atoms with van der Waals surface area (Å²) >= 11 is 0. The van der Waals surface area contributed by atoms with E-state index in [1.54, 1.807) is 19.3 Å². The van der Waals surface area contributed by atoms with Crippen molar-refractivity contribution in [3.63, 3.8) is 0 Å². The molecule has 1 fully saturated rings. The lowest BCUT2D eigenvalue weighted by atomic mass is 10.0. The van der Waals surface area contributed by atoms with E-state index in [1.165, 1.54) is 5.56 Å². The molecule has 1 aliphatic heterocycles. The molecule has 2 N–H and O–H groups in total. The van der Waals surface area contributed by atoms with E-state index in [1.807, 2.05) is 31.2 Å². The van der Waals surface area contributed by atoms with Gasteiger partial charge in [0.25, 0.3) is 5.91 Å². The van der Waals surface area contributed by atoms with E-state index >= 15 is 0 Å². The van der Waals surface area contributed by atoms with Gasteiger partial charge in [0.15, 0.2) is 0 Å². The summed E-state index contributed by atoms with van der Waals surface area (Å²) in [6.07, 6.45) is 1.67. The van der Waals surface area contributed by atoms with Crippen molar-refractivity contribution in [2.24, 2.45) is 5.92 Å². The molecule has 26 heavy (non-hydrogen) atoms. The van der Waals surface area contributed by atoms with E-state index < -0.39 is 0 Å². The highest BCUT2D eigenvalue weighted by Crippen LogP contribution is 2.20. The smallest absolute Gasteiger partial charge is 0.270 e. The number of likely N-dealkylation sites (tertiary alicyclic amines) is 1. The number of nitrogens with one attached hydrogen (secondary N) is 2. The number of nitrogens with zero attached hydrogens (tertiary/aromatic N) is 2. The third-order valence-electron chi connectivity index (χ3n) is 4.69. The maximum atomic E-state index is 12.5. The van der Waals surface area contributed by atoms with Gasteiger partial charge in [-0.2, -0.15) is 0 Å². The molecule has 6 heteroatoms. The minimum absolute atomic E-state index is 0.0530. The van der Waals surface area contributed by atoms with Crippen molar-refractivity contribution in [2.45, 2.75) is 19.5 Å². The van der Waals surface area contributed by atoms with Gasteiger partial charge in [0.05, 0.1) is 12.0 Å². The molecular formula is C20H24N4O2. The average Bonchev–Trinajstić information content (AvgIpc) is 3.04. The van der Waals surface area contributed by atoms with Crippen LogP contribution in [0.1, 0.15) is 21.6 Å². The zero-order valence-electron chi connectivity index (χ0n) is 15.1. The Labute approximate surface area is 153 Å². The predicted octanol–water partition coefficient (Wildman–Crippen LogP) is 1.37. The molecule has 0 spiro atoms. The van der Waals surface area contributed by atoms with E-state index in [4.69, 9.17) is 0 Å². The van der Waals surface area contributed by atoms with Crippen LogP contribution in [-0.2, 0) is 11.3 Å². The predicted molar refractivity (Wildman–Crippen MR) is 99.5 cm³/mol. The molecule has 0 unspecified atom stereocenters. The largest absolute Gasteiger partial charge is 0.359 e. The van der Waals surface area contributed by atoms with Gasteiger partial charge in [0.2, 0.25) is 5.91 Å².